The molecule has 1 aromatic heterocycles. The molecule has 1 amide bonds. The Bertz CT molecular complexity index is 850. The lowest BCUT2D eigenvalue weighted by atomic mass is 10.2. The summed E-state index contributed by atoms with van der Waals surface area (Å²) in [5.41, 5.74) is 1.49. The van der Waals surface area contributed by atoms with E-state index in [-0.39, 0.29) is 11.6 Å². The number of ether oxygens (including phenoxy) is 1. The average molecular weight is 363 g/mol. The zero-order valence-electron chi connectivity index (χ0n) is 12.3. The van der Waals surface area contributed by atoms with Crippen LogP contribution >= 0.6 is 23.2 Å². The molecule has 0 radical (unpaired) electrons. The molecule has 7 heteroatoms. The molecule has 0 fully saturated rings. The summed E-state index contributed by atoms with van der Waals surface area (Å²) < 4.78 is 10.5. The molecular weight excluding hydrogens is 351 g/mol. The van der Waals surface area contributed by atoms with Gasteiger partial charge in [-0.2, -0.15) is 0 Å². The Labute approximate surface area is 148 Å². The first-order valence-electron chi connectivity index (χ1n) is 7.01. The fourth-order valence-corrected chi connectivity index (χ4v) is 2.23. The number of nitrogens with one attached hydrogen (secondary N) is 1. The number of hydrogen-bond acceptors (Lipinski definition) is 4. The molecule has 24 heavy (non-hydrogen) atoms. The monoisotopic (exact) mass is 362 g/mol. The number of amides is 1. The number of anilines is 1. The number of halogens is 2. The predicted octanol–water partition coefficient (Wildman–Crippen LogP) is 4.81. The van der Waals surface area contributed by atoms with E-state index < -0.39 is 5.91 Å². The summed E-state index contributed by atoms with van der Waals surface area (Å²) in [5, 5.41) is 7.12. The van der Waals surface area contributed by atoms with Crippen molar-refractivity contribution in [2.45, 2.75) is 6.61 Å². The Morgan fingerprint density at radius 2 is 1.88 bits per heavy atom. The molecule has 3 rings (SSSR count). The van der Waals surface area contributed by atoms with E-state index in [1.807, 2.05) is 30.3 Å². The van der Waals surface area contributed by atoms with Crippen molar-refractivity contribution in [3.8, 4) is 5.88 Å². The van der Waals surface area contributed by atoms with Gasteiger partial charge in [0.2, 0.25) is 5.76 Å². The van der Waals surface area contributed by atoms with Crippen LogP contribution in [0.25, 0.3) is 0 Å². The smallest absolute Gasteiger partial charge is 0.294 e. The Hall–Kier alpha value is -2.50. The van der Waals surface area contributed by atoms with Gasteiger partial charge in [0.25, 0.3) is 11.8 Å². The van der Waals surface area contributed by atoms with Crippen LogP contribution in [-0.4, -0.2) is 11.1 Å². The fourth-order valence-electron chi connectivity index (χ4n) is 1.93. The van der Waals surface area contributed by atoms with Crippen LogP contribution in [0.2, 0.25) is 10.0 Å². The van der Waals surface area contributed by atoms with Gasteiger partial charge in [0.05, 0.1) is 16.1 Å². The van der Waals surface area contributed by atoms with Gasteiger partial charge in [-0.1, -0.05) is 53.5 Å². The third kappa shape index (κ3) is 4.07. The van der Waals surface area contributed by atoms with Crippen molar-refractivity contribution in [1.82, 2.24) is 5.16 Å². The third-order valence-electron chi connectivity index (χ3n) is 3.12. The van der Waals surface area contributed by atoms with Crippen LogP contribution in [0, 0.1) is 0 Å². The maximum absolute atomic E-state index is 12.1. The van der Waals surface area contributed by atoms with E-state index in [1.54, 1.807) is 18.2 Å². The van der Waals surface area contributed by atoms with Gasteiger partial charge in [0, 0.05) is 5.69 Å². The summed E-state index contributed by atoms with van der Waals surface area (Å²) in [5.74, 6) is -0.197. The van der Waals surface area contributed by atoms with Crippen molar-refractivity contribution in [3.05, 3.63) is 76.0 Å². The standard InChI is InChI=1S/C17H12Cl2N2O3/c18-13-7-6-12(8-14(13)19)20-17(22)15-9-16(21-24-15)23-10-11-4-2-1-3-5-11/h1-9H,10H2,(H,20,22). The minimum Gasteiger partial charge on any atom is -0.471 e. The molecule has 1 heterocycles. The van der Waals surface area contributed by atoms with Crippen molar-refractivity contribution < 1.29 is 14.1 Å². The van der Waals surface area contributed by atoms with Crippen molar-refractivity contribution in [1.29, 1.82) is 0 Å². The largest absolute Gasteiger partial charge is 0.471 e. The van der Waals surface area contributed by atoms with Gasteiger partial charge >= 0.3 is 0 Å². The summed E-state index contributed by atoms with van der Waals surface area (Å²) >= 11 is 11.7. The summed E-state index contributed by atoms with van der Waals surface area (Å²) in [4.78, 5) is 12.1. The van der Waals surface area contributed by atoms with E-state index in [4.69, 9.17) is 32.5 Å². The zero-order chi connectivity index (χ0) is 16.9. The highest BCUT2D eigenvalue weighted by Gasteiger charge is 2.14. The minimum absolute atomic E-state index is 0.0316. The maximum atomic E-state index is 12.1. The van der Waals surface area contributed by atoms with Crippen LogP contribution in [0.15, 0.2) is 59.1 Å². The number of hydrogen-bond donors (Lipinski definition) is 1. The van der Waals surface area contributed by atoms with E-state index in [2.05, 4.69) is 10.5 Å². The number of rotatable bonds is 5. The molecular formula is C17H12Cl2N2O3. The van der Waals surface area contributed by atoms with Crippen molar-refractivity contribution in [2.75, 3.05) is 5.32 Å². The molecule has 0 unspecified atom stereocenters. The second kappa shape index (κ2) is 7.38. The van der Waals surface area contributed by atoms with E-state index in [0.29, 0.717) is 22.3 Å². The molecule has 0 spiro atoms. The SMILES string of the molecule is O=C(Nc1ccc(Cl)c(Cl)c1)c1cc(OCc2ccccc2)no1. The Balaban J connectivity index is 1.62. The van der Waals surface area contributed by atoms with Crippen LogP contribution in [0.3, 0.4) is 0 Å². The molecule has 0 aliphatic rings. The molecule has 0 saturated carbocycles. The molecule has 0 saturated heterocycles. The van der Waals surface area contributed by atoms with E-state index in [0.717, 1.165) is 5.56 Å². The first-order chi connectivity index (χ1) is 11.6. The normalized spacial score (nSPS) is 10.4. The lowest BCUT2D eigenvalue weighted by Gasteiger charge is -2.03. The maximum Gasteiger partial charge on any atom is 0.294 e. The first-order valence-corrected chi connectivity index (χ1v) is 7.77. The second-order valence-corrected chi connectivity index (χ2v) is 5.70. The second-order valence-electron chi connectivity index (χ2n) is 4.89. The van der Waals surface area contributed by atoms with Crippen LogP contribution in [-0.2, 0) is 6.61 Å². The molecule has 0 aliphatic heterocycles. The van der Waals surface area contributed by atoms with Crippen LogP contribution in [0.1, 0.15) is 16.1 Å². The molecule has 122 valence electrons. The number of nitrogens with zero attached hydrogens (tertiary/aromatic N) is 1. The van der Waals surface area contributed by atoms with E-state index in [1.165, 1.54) is 6.07 Å². The summed E-state index contributed by atoms with van der Waals surface area (Å²) in [6, 6.07) is 15.8. The van der Waals surface area contributed by atoms with Gasteiger partial charge in [-0.15, -0.1) is 0 Å². The van der Waals surface area contributed by atoms with Crippen LogP contribution in [0.5, 0.6) is 5.88 Å². The third-order valence-corrected chi connectivity index (χ3v) is 3.86. The highest BCUT2D eigenvalue weighted by atomic mass is 35.5. The molecule has 0 atom stereocenters. The lowest BCUT2D eigenvalue weighted by molar-refractivity contribution is 0.0987. The van der Waals surface area contributed by atoms with Gasteiger partial charge in [0.1, 0.15) is 6.61 Å². The zero-order valence-corrected chi connectivity index (χ0v) is 13.8. The molecule has 1 N–H and O–H groups in total. The first kappa shape index (κ1) is 16.4. The van der Waals surface area contributed by atoms with Gasteiger partial charge in [-0.3, -0.25) is 4.79 Å². The van der Waals surface area contributed by atoms with Gasteiger partial charge in [0.15, 0.2) is 0 Å². The van der Waals surface area contributed by atoms with E-state index >= 15 is 0 Å². The molecule has 2 aromatic carbocycles. The number of benzene rings is 2. The number of aromatic nitrogens is 1. The van der Waals surface area contributed by atoms with Gasteiger partial charge in [-0.25, -0.2) is 0 Å². The van der Waals surface area contributed by atoms with Gasteiger partial charge in [-0.05, 0) is 28.9 Å². The summed E-state index contributed by atoms with van der Waals surface area (Å²) in [7, 11) is 0. The minimum atomic E-state index is -0.463. The number of carbonyl (C=O) groups is 1. The van der Waals surface area contributed by atoms with Crippen LogP contribution in [0.4, 0.5) is 5.69 Å². The topological polar surface area (TPSA) is 64.4 Å². The summed E-state index contributed by atoms with van der Waals surface area (Å²) in [6.07, 6.45) is 0. The van der Waals surface area contributed by atoms with Crippen molar-refractivity contribution in [3.63, 3.8) is 0 Å². The Morgan fingerprint density at radius 3 is 2.62 bits per heavy atom. The van der Waals surface area contributed by atoms with Crippen molar-refractivity contribution in [2.24, 2.45) is 0 Å². The quantitative estimate of drug-likeness (QED) is 0.706. The molecule has 3 aromatic rings. The van der Waals surface area contributed by atoms with E-state index in [9.17, 15) is 4.79 Å². The predicted molar refractivity (Wildman–Crippen MR) is 91.7 cm³/mol. The molecule has 0 aliphatic carbocycles. The highest BCUT2D eigenvalue weighted by Crippen LogP contribution is 2.25. The Kier molecular flexibility index (Phi) is 5.03. The van der Waals surface area contributed by atoms with Crippen LogP contribution < -0.4 is 10.1 Å². The number of carbonyl (C=O) groups excluding carboxylic acids is 1. The lowest BCUT2D eigenvalue weighted by Crippen LogP contribution is -2.10. The fraction of sp³-hybridized carbons (Fsp3) is 0.0588. The highest BCUT2D eigenvalue weighted by molar-refractivity contribution is 6.42. The van der Waals surface area contributed by atoms with Gasteiger partial charge < -0.3 is 14.6 Å². The van der Waals surface area contributed by atoms with Crippen molar-refractivity contribution >= 4 is 34.8 Å². The Morgan fingerprint density at radius 1 is 1.08 bits per heavy atom. The summed E-state index contributed by atoms with van der Waals surface area (Å²) in [6.45, 7) is 0.335. The molecule has 0 bridgehead atoms. The molecule has 5 nitrogen and oxygen atoms in total. The average Bonchev–Trinajstić information content (AvgIpc) is 3.06.